The first kappa shape index (κ1) is 12.5. The summed E-state index contributed by atoms with van der Waals surface area (Å²) >= 11 is 0. The second kappa shape index (κ2) is 4.85. The molecule has 3 nitrogen and oxygen atoms in total. The number of ether oxygens (including phenoxy) is 2. The summed E-state index contributed by atoms with van der Waals surface area (Å²) in [6.45, 7) is 1.40. The fraction of sp³-hybridized carbons (Fsp3) is 0.118. The minimum atomic E-state index is -0.310. The smallest absolute Gasteiger partial charge is 0.308 e. The highest BCUT2D eigenvalue weighted by atomic mass is 16.5. The van der Waals surface area contributed by atoms with E-state index >= 15 is 0 Å². The molecule has 3 heteroatoms. The Balaban J connectivity index is 2.16. The molecule has 0 aliphatic carbocycles. The third kappa shape index (κ3) is 2.30. The number of fused-ring (bicyclic) bond motifs is 2. The maximum Gasteiger partial charge on any atom is 0.308 e. The molecule has 0 saturated carbocycles. The molecule has 0 bridgehead atoms. The average Bonchev–Trinajstić information content (AvgIpc) is 2.44. The topological polar surface area (TPSA) is 35.5 Å². The van der Waals surface area contributed by atoms with Gasteiger partial charge in [-0.15, -0.1) is 0 Å². The van der Waals surface area contributed by atoms with E-state index in [1.165, 1.54) is 6.92 Å². The molecule has 0 fully saturated rings. The number of hydrogen-bond acceptors (Lipinski definition) is 3. The summed E-state index contributed by atoms with van der Waals surface area (Å²) in [7, 11) is 1.66. The van der Waals surface area contributed by atoms with Crippen molar-refractivity contribution in [2.75, 3.05) is 7.11 Å². The number of benzene rings is 3. The Bertz CT molecular complexity index is 806. The summed E-state index contributed by atoms with van der Waals surface area (Å²) in [5.74, 6) is 1.10. The van der Waals surface area contributed by atoms with Gasteiger partial charge in [-0.2, -0.15) is 0 Å². The van der Waals surface area contributed by atoms with Crippen molar-refractivity contribution in [3.63, 3.8) is 0 Å². The minimum absolute atomic E-state index is 0.310. The summed E-state index contributed by atoms with van der Waals surface area (Å²) in [6, 6.07) is 15.8. The quantitative estimate of drug-likeness (QED) is 0.400. The summed E-state index contributed by atoms with van der Waals surface area (Å²) in [4.78, 5) is 11.0. The van der Waals surface area contributed by atoms with Gasteiger partial charge in [0.1, 0.15) is 11.5 Å². The molecule has 3 aromatic rings. The van der Waals surface area contributed by atoms with Gasteiger partial charge in [0.15, 0.2) is 0 Å². The van der Waals surface area contributed by atoms with Crippen molar-refractivity contribution in [3.05, 3.63) is 48.5 Å². The normalized spacial score (nSPS) is 10.7. The minimum Gasteiger partial charge on any atom is -0.497 e. The molecule has 0 radical (unpaired) electrons. The molecule has 20 heavy (non-hydrogen) atoms. The van der Waals surface area contributed by atoms with Crippen LogP contribution in [0.25, 0.3) is 21.5 Å². The molecule has 0 N–H and O–H groups in total. The van der Waals surface area contributed by atoms with Crippen LogP contribution in [0.1, 0.15) is 6.92 Å². The lowest BCUT2D eigenvalue weighted by molar-refractivity contribution is -0.131. The van der Waals surface area contributed by atoms with Gasteiger partial charge in [0.05, 0.1) is 7.11 Å². The van der Waals surface area contributed by atoms with E-state index in [-0.39, 0.29) is 5.97 Å². The van der Waals surface area contributed by atoms with E-state index in [1.54, 1.807) is 13.2 Å². The number of methoxy groups -OCH3 is 1. The third-order valence-corrected chi connectivity index (χ3v) is 3.24. The second-order valence-electron chi connectivity index (χ2n) is 4.67. The molecule has 0 saturated heterocycles. The fourth-order valence-corrected chi connectivity index (χ4v) is 2.31. The highest BCUT2D eigenvalue weighted by Crippen LogP contribution is 2.28. The van der Waals surface area contributed by atoms with Gasteiger partial charge in [0.25, 0.3) is 0 Å². The highest BCUT2D eigenvalue weighted by Gasteiger charge is 2.03. The van der Waals surface area contributed by atoms with Crippen LogP contribution in [-0.4, -0.2) is 13.1 Å². The first-order valence-electron chi connectivity index (χ1n) is 6.36. The zero-order chi connectivity index (χ0) is 14.1. The van der Waals surface area contributed by atoms with Crippen molar-refractivity contribution < 1.29 is 14.3 Å². The molecule has 0 amide bonds. The summed E-state index contributed by atoms with van der Waals surface area (Å²) in [5.41, 5.74) is 0. The summed E-state index contributed by atoms with van der Waals surface area (Å²) in [5, 5.41) is 4.39. The number of esters is 1. The Morgan fingerprint density at radius 1 is 0.800 bits per heavy atom. The standard InChI is InChI=1S/C17H14O3/c1-11(18)20-17-6-4-13-7-14-9-16(19-2)5-3-12(14)8-15(13)10-17/h3-10H,1-2H3. The van der Waals surface area contributed by atoms with E-state index in [2.05, 4.69) is 12.1 Å². The van der Waals surface area contributed by atoms with Crippen LogP contribution < -0.4 is 9.47 Å². The average molecular weight is 266 g/mol. The van der Waals surface area contributed by atoms with Crippen LogP contribution in [0.3, 0.4) is 0 Å². The Morgan fingerprint density at radius 2 is 1.35 bits per heavy atom. The van der Waals surface area contributed by atoms with Crippen LogP contribution in [0, 0.1) is 0 Å². The van der Waals surface area contributed by atoms with Crippen LogP contribution in [0.5, 0.6) is 11.5 Å². The van der Waals surface area contributed by atoms with Crippen LogP contribution in [0.4, 0.5) is 0 Å². The number of hydrogen-bond donors (Lipinski definition) is 0. The lowest BCUT2D eigenvalue weighted by atomic mass is 10.0. The van der Waals surface area contributed by atoms with E-state index in [1.807, 2.05) is 30.3 Å². The molecule has 3 aromatic carbocycles. The van der Waals surface area contributed by atoms with Gasteiger partial charge < -0.3 is 9.47 Å². The third-order valence-electron chi connectivity index (χ3n) is 3.24. The Morgan fingerprint density at radius 3 is 1.90 bits per heavy atom. The van der Waals surface area contributed by atoms with Gasteiger partial charge in [-0.05, 0) is 57.9 Å². The van der Waals surface area contributed by atoms with Crippen LogP contribution in [0.2, 0.25) is 0 Å². The molecular formula is C17H14O3. The Hall–Kier alpha value is -2.55. The molecule has 0 heterocycles. The van der Waals surface area contributed by atoms with E-state index in [4.69, 9.17) is 9.47 Å². The maximum atomic E-state index is 11.0. The summed E-state index contributed by atoms with van der Waals surface area (Å²) < 4.78 is 10.4. The monoisotopic (exact) mass is 266 g/mol. The molecule has 0 aliphatic heterocycles. The predicted molar refractivity (Wildman–Crippen MR) is 79.3 cm³/mol. The highest BCUT2D eigenvalue weighted by molar-refractivity contribution is 5.99. The molecule has 0 spiro atoms. The van der Waals surface area contributed by atoms with E-state index in [9.17, 15) is 4.79 Å². The van der Waals surface area contributed by atoms with Gasteiger partial charge in [-0.25, -0.2) is 0 Å². The molecule has 3 rings (SSSR count). The molecule has 0 atom stereocenters. The molecular weight excluding hydrogens is 252 g/mol. The van der Waals surface area contributed by atoms with E-state index in [0.717, 1.165) is 27.3 Å². The second-order valence-corrected chi connectivity index (χ2v) is 4.67. The van der Waals surface area contributed by atoms with E-state index < -0.39 is 0 Å². The number of rotatable bonds is 2. The zero-order valence-corrected chi connectivity index (χ0v) is 11.3. The van der Waals surface area contributed by atoms with E-state index in [0.29, 0.717) is 5.75 Å². The van der Waals surface area contributed by atoms with Gasteiger partial charge in [-0.1, -0.05) is 12.1 Å². The zero-order valence-electron chi connectivity index (χ0n) is 11.3. The van der Waals surface area contributed by atoms with Crippen molar-refractivity contribution >= 4 is 27.5 Å². The first-order valence-corrected chi connectivity index (χ1v) is 6.36. The molecule has 0 unspecified atom stereocenters. The molecule has 0 aliphatic rings. The number of carbonyl (C=O) groups is 1. The largest absolute Gasteiger partial charge is 0.497 e. The van der Waals surface area contributed by atoms with Gasteiger partial charge in [-0.3, -0.25) is 4.79 Å². The van der Waals surface area contributed by atoms with Crippen LogP contribution >= 0.6 is 0 Å². The van der Waals surface area contributed by atoms with Crippen LogP contribution in [-0.2, 0) is 4.79 Å². The SMILES string of the molecule is COc1ccc2cc3cc(OC(C)=O)ccc3cc2c1. The van der Waals surface area contributed by atoms with Crippen molar-refractivity contribution in [2.24, 2.45) is 0 Å². The summed E-state index contributed by atoms with van der Waals surface area (Å²) in [6.07, 6.45) is 0. The van der Waals surface area contributed by atoms with Gasteiger partial charge in [0.2, 0.25) is 0 Å². The predicted octanol–water partition coefficient (Wildman–Crippen LogP) is 3.93. The lowest BCUT2D eigenvalue weighted by Gasteiger charge is -2.07. The van der Waals surface area contributed by atoms with Crippen molar-refractivity contribution in [1.29, 1.82) is 0 Å². The Kier molecular flexibility index (Phi) is 3.03. The van der Waals surface area contributed by atoms with Gasteiger partial charge in [0, 0.05) is 6.92 Å². The Labute approximate surface area is 116 Å². The number of carbonyl (C=O) groups excluding carboxylic acids is 1. The molecule has 100 valence electrons. The van der Waals surface area contributed by atoms with Gasteiger partial charge >= 0.3 is 5.97 Å². The molecule has 0 aromatic heterocycles. The first-order chi connectivity index (χ1) is 9.65. The van der Waals surface area contributed by atoms with Crippen molar-refractivity contribution in [3.8, 4) is 11.5 Å². The van der Waals surface area contributed by atoms with Crippen molar-refractivity contribution in [2.45, 2.75) is 6.92 Å². The van der Waals surface area contributed by atoms with Crippen molar-refractivity contribution in [1.82, 2.24) is 0 Å². The van der Waals surface area contributed by atoms with Crippen LogP contribution in [0.15, 0.2) is 48.5 Å². The maximum absolute atomic E-state index is 11.0. The fourth-order valence-electron chi connectivity index (χ4n) is 2.31. The lowest BCUT2D eigenvalue weighted by Crippen LogP contribution is -2.00.